The van der Waals surface area contributed by atoms with Crippen molar-refractivity contribution in [2.75, 3.05) is 18.0 Å². The average molecular weight is 348 g/mol. The Hall–Kier alpha value is -2.09. The van der Waals surface area contributed by atoms with E-state index in [1.54, 1.807) is 0 Å². The second-order valence-electron chi connectivity index (χ2n) is 7.94. The Morgan fingerprint density at radius 3 is 2.31 bits per heavy atom. The molecule has 2 heteroatoms. The van der Waals surface area contributed by atoms with Crippen molar-refractivity contribution in [2.45, 2.75) is 44.4 Å². The maximum atomic E-state index is 12.8. The Labute approximate surface area is 157 Å². The molecule has 1 saturated carbocycles. The Kier molecular flexibility index (Phi) is 5.38. The first-order chi connectivity index (χ1) is 12.8. The van der Waals surface area contributed by atoms with Gasteiger partial charge in [0.25, 0.3) is 0 Å². The number of piperidine rings is 1. The molecule has 3 atom stereocenters. The second kappa shape index (κ2) is 8.07. The molecule has 2 aromatic rings. The number of anilines is 1. The minimum Gasteiger partial charge on any atom is -0.371 e. The van der Waals surface area contributed by atoms with Gasteiger partial charge < -0.3 is 4.90 Å². The molecule has 2 aliphatic rings. The SMILES string of the molecule is O=C1CCCC[C@H]1[C@@H](c1ccccc1)[C@H]1CCCN(c2ccccc2)C1. The molecule has 4 rings (SSSR count). The summed E-state index contributed by atoms with van der Waals surface area (Å²) in [5.41, 5.74) is 2.69. The highest BCUT2D eigenvalue weighted by Crippen LogP contribution is 2.42. The lowest BCUT2D eigenvalue weighted by Crippen LogP contribution is -2.41. The molecule has 0 aromatic heterocycles. The van der Waals surface area contributed by atoms with Gasteiger partial charge in [-0.25, -0.2) is 0 Å². The zero-order valence-electron chi connectivity index (χ0n) is 15.5. The molecule has 1 heterocycles. The van der Waals surface area contributed by atoms with Gasteiger partial charge in [0, 0.05) is 31.1 Å². The van der Waals surface area contributed by atoms with E-state index >= 15 is 0 Å². The van der Waals surface area contributed by atoms with Gasteiger partial charge >= 0.3 is 0 Å². The molecule has 0 unspecified atom stereocenters. The Bertz CT molecular complexity index is 712. The predicted molar refractivity (Wildman–Crippen MR) is 108 cm³/mol. The van der Waals surface area contributed by atoms with Gasteiger partial charge in [-0.2, -0.15) is 0 Å². The maximum Gasteiger partial charge on any atom is 0.136 e. The van der Waals surface area contributed by atoms with E-state index in [-0.39, 0.29) is 5.92 Å². The topological polar surface area (TPSA) is 20.3 Å². The van der Waals surface area contributed by atoms with E-state index in [2.05, 4.69) is 65.6 Å². The molecule has 0 N–H and O–H groups in total. The summed E-state index contributed by atoms with van der Waals surface area (Å²) in [7, 11) is 0. The lowest BCUT2D eigenvalue weighted by atomic mass is 9.68. The molecule has 0 radical (unpaired) electrons. The minimum atomic E-state index is 0.215. The fourth-order valence-corrected chi connectivity index (χ4v) is 5.07. The number of ketones is 1. The number of benzene rings is 2. The molecule has 1 aliphatic heterocycles. The van der Waals surface area contributed by atoms with Crippen LogP contribution in [0.4, 0.5) is 5.69 Å². The number of nitrogens with zero attached hydrogens (tertiary/aromatic N) is 1. The van der Waals surface area contributed by atoms with Gasteiger partial charge in [-0.15, -0.1) is 0 Å². The molecule has 0 amide bonds. The van der Waals surface area contributed by atoms with Crippen LogP contribution in [0, 0.1) is 11.8 Å². The van der Waals surface area contributed by atoms with Gasteiger partial charge in [0.05, 0.1) is 0 Å². The first-order valence-corrected chi connectivity index (χ1v) is 10.2. The molecular formula is C24H29NO. The quantitative estimate of drug-likeness (QED) is 0.733. The molecule has 2 fully saturated rings. The molecule has 0 spiro atoms. The molecule has 1 saturated heterocycles. The van der Waals surface area contributed by atoms with E-state index in [9.17, 15) is 4.79 Å². The third-order valence-electron chi connectivity index (χ3n) is 6.31. The van der Waals surface area contributed by atoms with Gasteiger partial charge in [0.15, 0.2) is 0 Å². The number of para-hydroxylation sites is 1. The summed E-state index contributed by atoms with van der Waals surface area (Å²) in [6.07, 6.45) is 6.58. The molecule has 2 aromatic carbocycles. The Morgan fingerprint density at radius 1 is 0.846 bits per heavy atom. The van der Waals surface area contributed by atoms with E-state index in [0.29, 0.717) is 17.6 Å². The van der Waals surface area contributed by atoms with E-state index in [4.69, 9.17) is 0 Å². The number of carbonyl (C=O) groups excluding carboxylic acids is 1. The van der Waals surface area contributed by atoms with Crippen LogP contribution in [0.15, 0.2) is 60.7 Å². The molecule has 1 aliphatic carbocycles. The monoisotopic (exact) mass is 347 g/mol. The van der Waals surface area contributed by atoms with Crippen LogP contribution in [0.5, 0.6) is 0 Å². The lowest BCUT2D eigenvalue weighted by Gasteiger charge is -2.42. The number of Topliss-reactive ketones (excluding diaryl/α,β-unsaturated/α-hetero) is 1. The van der Waals surface area contributed by atoms with Crippen LogP contribution in [-0.2, 0) is 4.79 Å². The van der Waals surface area contributed by atoms with Gasteiger partial charge in [-0.1, -0.05) is 55.0 Å². The fourth-order valence-electron chi connectivity index (χ4n) is 5.07. The summed E-state index contributed by atoms with van der Waals surface area (Å²) in [5.74, 6) is 1.64. The summed E-state index contributed by atoms with van der Waals surface area (Å²) in [5, 5.41) is 0. The summed E-state index contributed by atoms with van der Waals surface area (Å²) < 4.78 is 0. The van der Waals surface area contributed by atoms with E-state index in [0.717, 1.165) is 32.4 Å². The minimum absolute atomic E-state index is 0.215. The van der Waals surface area contributed by atoms with Gasteiger partial charge in [0.1, 0.15) is 5.78 Å². The number of hydrogen-bond acceptors (Lipinski definition) is 2. The van der Waals surface area contributed by atoms with Crippen LogP contribution in [-0.4, -0.2) is 18.9 Å². The zero-order valence-corrected chi connectivity index (χ0v) is 15.5. The fraction of sp³-hybridized carbons (Fsp3) is 0.458. The highest BCUT2D eigenvalue weighted by molar-refractivity contribution is 5.82. The number of rotatable bonds is 4. The third kappa shape index (κ3) is 3.70. The Morgan fingerprint density at radius 2 is 1.58 bits per heavy atom. The Balaban J connectivity index is 1.62. The van der Waals surface area contributed by atoms with Crippen LogP contribution >= 0.6 is 0 Å². The standard InChI is InChI=1S/C24H29NO/c26-23-16-8-7-15-22(23)24(19-10-3-1-4-11-19)20-12-9-17-25(18-20)21-13-5-2-6-14-21/h1-6,10-11,13-14,20,22,24H,7-9,12,15-18H2/t20-,22+,24-/m0/s1. The normalized spacial score (nSPS) is 25.1. The highest BCUT2D eigenvalue weighted by Gasteiger charge is 2.38. The van der Waals surface area contributed by atoms with Crippen LogP contribution in [0.1, 0.15) is 50.0 Å². The summed E-state index contributed by atoms with van der Waals surface area (Å²) >= 11 is 0. The van der Waals surface area contributed by atoms with Crippen LogP contribution in [0.3, 0.4) is 0 Å². The van der Waals surface area contributed by atoms with Gasteiger partial charge in [0.2, 0.25) is 0 Å². The summed E-state index contributed by atoms with van der Waals surface area (Å²) in [6, 6.07) is 21.6. The van der Waals surface area contributed by atoms with Gasteiger partial charge in [-0.05, 0) is 55.2 Å². The first-order valence-electron chi connectivity index (χ1n) is 10.2. The van der Waals surface area contributed by atoms with Crippen molar-refractivity contribution in [3.63, 3.8) is 0 Å². The van der Waals surface area contributed by atoms with E-state index in [1.807, 2.05) is 0 Å². The summed E-state index contributed by atoms with van der Waals surface area (Å²) in [6.45, 7) is 2.19. The molecule has 0 bridgehead atoms. The maximum absolute atomic E-state index is 12.8. The molecule has 26 heavy (non-hydrogen) atoms. The molecule has 2 nitrogen and oxygen atoms in total. The predicted octanol–water partition coefficient (Wildman–Crippen LogP) is 5.45. The number of hydrogen-bond donors (Lipinski definition) is 0. The third-order valence-corrected chi connectivity index (χ3v) is 6.31. The first kappa shape index (κ1) is 17.3. The highest BCUT2D eigenvalue weighted by atomic mass is 16.1. The number of carbonyl (C=O) groups is 1. The lowest BCUT2D eigenvalue weighted by molar-refractivity contribution is -0.125. The van der Waals surface area contributed by atoms with Crippen molar-refractivity contribution in [3.05, 3.63) is 66.2 Å². The van der Waals surface area contributed by atoms with Crippen molar-refractivity contribution < 1.29 is 4.79 Å². The van der Waals surface area contributed by atoms with E-state index < -0.39 is 0 Å². The van der Waals surface area contributed by atoms with E-state index in [1.165, 1.54) is 30.5 Å². The van der Waals surface area contributed by atoms with Crippen molar-refractivity contribution in [2.24, 2.45) is 11.8 Å². The smallest absolute Gasteiger partial charge is 0.136 e. The van der Waals surface area contributed by atoms with Crippen molar-refractivity contribution in [1.82, 2.24) is 0 Å². The largest absolute Gasteiger partial charge is 0.371 e. The second-order valence-corrected chi connectivity index (χ2v) is 7.94. The van der Waals surface area contributed by atoms with Crippen molar-refractivity contribution >= 4 is 11.5 Å². The zero-order chi connectivity index (χ0) is 17.8. The van der Waals surface area contributed by atoms with Crippen molar-refractivity contribution in [1.29, 1.82) is 0 Å². The average Bonchev–Trinajstić information content (AvgIpc) is 2.71. The van der Waals surface area contributed by atoms with Crippen LogP contribution in [0.2, 0.25) is 0 Å². The van der Waals surface area contributed by atoms with Gasteiger partial charge in [-0.3, -0.25) is 4.79 Å². The van der Waals surface area contributed by atoms with Crippen molar-refractivity contribution in [3.8, 4) is 0 Å². The van der Waals surface area contributed by atoms with Crippen LogP contribution in [0.25, 0.3) is 0 Å². The molecule has 136 valence electrons. The molecular weight excluding hydrogens is 318 g/mol. The van der Waals surface area contributed by atoms with Crippen LogP contribution < -0.4 is 4.90 Å². The summed E-state index contributed by atoms with van der Waals surface area (Å²) in [4.78, 5) is 15.3.